The Balaban J connectivity index is 1.44. The summed E-state index contributed by atoms with van der Waals surface area (Å²) in [5, 5.41) is 22.2. The number of benzene rings is 1. The highest BCUT2D eigenvalue weighted by Gasteiger charge is 2.40. The molecule has 1 aromatic heterocycles. The minimum Gasteiger partial charge on any atom is -0.608 e. The fraction of sp³-hybridized carbons (Fsp3) is 0.524. The molecule has 1 fully saturated rings. The first-order chi connectivity index (χ1) is 15.5. The molecule has 2 amide bonds. The molecule has 0 radical (unpaired) electrons. The molecule has 0 bridgehead atoms. The first kappa shape index (κ1) is 21.4. The van der Waals surface area contributed by atoms with Crippen LogP contribution >= 0.6 is 0 Å². The first-order valence-electron chi connectivity index (χ1n) is 11.1. The number of aromatic nitrogens is 2. The number of hydrogen-bond acceptors (Lipinski definition) is 6. The number of quaternary nitrogens is 1. The van der Waals surface area contributed by atoms with Crippen LogP contribution in [-0.2, 0) is 40.6 Å². The average molecular weight is 462 g/mol. The third-order valence-electron chi connectivity index (χ3n) is 6.65. The van der Waals surface area contributed by atoms with Gasteiger partial charge in [-0.15, -0.1) is 0 Å². The number of anilines is 2. The summed E-state index contributed by atoms with van der Waals surface area (Å²) in [5.74, 6) is 0. The molecule has 2 heterocycles. The van der Waals surface area contributed by atoms with Crippen molar-refractivity contribution in [1.82, 2.24) is 10.2 Å². The molecule has 3 aliphatic rings. The summed E-state index contributed by atoms with van der Waals surface area (Å²) in [7, 11) is -4.60. The minimum atomic E-state index is -4.60. The number of hydroxylamine groups is 1. The molecule has 10 nitrogen and oxygen atoms in total. The number of nitrogens with one attached hydrogen (secondary N) is 3. The van der Waals surface area contributed by atoms with E-state index >= 15 is 0 Å². The Morgan fingerprint density at radius 1 is 1.16 bits per heavy atom. The van der Waals surface area contributed by atoms with Gasteiger partial charge in [0, 0.05) is 19.4 Å². The fourth-order valence-electron chi connectivity index (χ4n) is 5.17. The van der Waals surface area contributed by atoms with Crippen LogP contribution in [0.15, 0.2) is 18.5 Å². The lowest BCUT2D eigenvalue weighted by atomic mass is 9.99. The molecule has 1 saturated heterocycles. The zero-order chi connectivity index (χ0) is 22.3. The van der Waals surface area contributed by atoms with E-state index in [1.165, 1.54) is 23.5 Å². The maximum Gasteiger partial charge on any atom is 0.436 e. The highest BCUT2D eigenvalue weighted by Crippen LogP contribution is 2.38. The van der Waals surface area contributed by atoms with Crippen molar-refractivity contribution in [2.45, 2.75) is 57.4 Å². The predicted molar refractivity (Wildman–Crippen MR) is 118 cm³/mol. The number of aromatic amines is 1. The van der Waals surface area contributed by atoms with Crippen molar-refractivity contribution >= 4 is 27.6 Å². The van der Waals surface area contributed by atoms with E-state index in [4.69, 9.17) is 4.74 Å². The SMILES string of the molecule is O=C(Nc1c2c(cc3c1CCC3)CCC2)[NH+]([O-])S(=O)(=O)N(c1cn[nH]c1)C1CCOCC1. The lowest BCUT2D eigenvalue weighted by Gasteiger charge is -2.35. The van der Waals surface area contributed by atoms with Crippen molar-refractivity contribution in [3.05, 3.63) is 45.9 Å². The quantitative estimate of drug-likeness (QED) is 0.574. The van der Waals surface area contributed by atoms with E-state index in [1.54, 1.807) is 0 Å². The molecular weight excluding hydrogens is 434 g/mol. The number of carbonyl (C=O) groups is 1. The first-order valence-corrected chi connectivity index (χ1v) is 12.5. The van der Waals surface area contributed by atoms with Crippen molar-refractivity contribution < 1.29 is 22.4 Å². The Labute approximate surface area is 186 Å². The van der Waals surface area contributed by atoms with Gasteiger partial charge in [0.25, 0.3) is 0 Å². The normalized spacial score (nSPS) is 19.4. The van der Waals surface area contributed by atoms with Crippen molar-refractivity contribution in [2.24, 2.45) is 0 Å². The molecule has 0 spiro atoms. The number of aryl methyl sites for hydroxylation is 2. The molecule has 1 aliphatic heterocycles. The van der Waals surface area contributed by atoms with Gasteiger partial charge in [0.2, 0.25) is 0 Å². The number of carbonyl (C=O) groups excluding carboxylic acids is 1. The van der Waals surface area contributed by atoms with E-state index in [2.05, 4.69) is 21.6 Å². The summed E-state index contributed by atoms with van der Waals surface area (Å²) < 4.78 is 31.6. The van der Waals surface area contributed by atoms with Crippen LogP contribution in [0.4, 0.5) is 16.2 Å². The lowest BCUT2D eigenvalue weighted by molar-refractivity contribution is -0.604. The Kier molecular flexibility index (Phi) is 5.66. The number of nitrogens with zero attached hydrogens (tertiary/aromatic N) is 2. The molecule has 2 aromatic rings. The summed E-state index contributed by atoms with van der Waals surface area (Å²) in [6.45, 7) is 0.772. The molecule has 32 heavy (non-hydrogen) atoms. The van der Waals surface area contributed by atoms with Gasteiger partial charge in [0.05, 0.1) is 23.6 Å². The van der Waals surface area contributed by atoms with Crippen LogP contribution < -0.4 is 14.1 Å². The average Bonchev–Trinajstić information content (AvgIpc) is 3.55. The van der Waals surface area contributed by atoms with Gasteiger partial charge in [-0.05, 0) is 73.6 Å². The summed E-state index contributed by atoms with van der Waals surface area (Å²) >= 11 is 0. The second kappa shape index (κ2) is 8.47. The van der Waals surface area contributed by atoms with Crippen molar-refractivity contribution in [3.8, 4) is 0 Å². The van der Waals surface area contributed by atoms with Gasteiger partial charge in [0.1, 0.15) is 0 Å². The molecule has 1 atom stereocenters. The lowest BCUT2D eigenvalue weighted by Crippen LogP contribution is -3.14. The van der Waals surface area contributed by atoms with E-state index < -0.39 is 26.8 Å². The largest absolute Gasteiger partial charge is 0.608 e. The number of amides is 2. The molecule has 1 unspecified atom stereocenters. The van der Waals surface area contributed by atoms with Crippen LogP contribution in [0.25, 0.3) is 0 Å². The van der Waals surface area contributed by atoms with Gasteiger partial charge in [-0.2, -0.15) is 18.0 Å². The summed E-state index contributed by atoms with van der Waals surface area (Å²) in [5.41, 5.74) is 5.36. The summed E-state index contributed by atoms with van der Waals surface area (Å²) in [6, 6.07) is 0.623. The smallest absolute Gasteiger partial charge is 0.436 e. The van der Waals surface area contributed by atoms with E-state index in [-0.39, 0.29) is 5.69 Å². The molecule has 3 N–H and O–H groups in total. The van der Waals surface area contributed by atoms with E-state index in [1.807, 2.05) is 0 Å². The van der Waals surface area contributed by atoms with Crippen molar-refractivity contribution in [3.63, 3.8) is 0 Å². The molecule has 172 valence electrons. The topological polar surface area (TPSA) is 132 Å². The fourth-order valence-corrected chi connectivity index (χ4v) is 6.61. The number of ether oxygens (including phenoxy) is 1. The van der Waals surface area contributed by atoms with Gasteiger partial charge >= 0.3 is 16.2 Å². The number of urea groups is 1. The molecule has 1 aromatic carbocycles. The van der Waals surface area contributed by atoms with Crippen molar-refractivity contribution in [1.29, 1.82) is 0 Å². The minimum absolute atomic E-state index is 0.236. The highest BCUT2D eigenvalue weighted by molar-refractivity contribution is 7.86. The second-order valence-corrected chi connectivity index (χ2v) is 10.3. The zero-order valence-electron chi connectivity index (χ0n) is 17.7. The monoisotopic (exact) mass is 461 g/mol. The number of hydrogen-bond donors (Lipinski definition) is 3. The Morgan fingerprint density at radius 3 is 2.41 bits per heavy atom. The van der Waals surface area contributed by atoms with E-state index in [0.29, 0.717) is 31.7 Å². The number of H-pyrrole nitrogens is 1. The molecule has 11 heteroatoms. The third kappa shape index (κ3) is 3.68. The molecule has 5 rings (SSSR count). The van der Waals surface area contributed by atoms with Crippen LogP contribution in [0.1, 0.15) is 47.9 Å². The van der Waals surface area contributed by atoms with Gasteiger partial charge in [-0.3, -0.25) is 10.4 Å². The Bertz CT molecular complexity index is 1080. The van der Waals surface area contributed by atoms with Gasteiger partial charge in [0.15, 0.2) is 0 Å². The summed E-state index contributed by atoms with van der Waals surface area (Å²) in [6.07, 6.45) is 9.12. The maximum atomic E-state index is 13.4. The Hall–Kier alpha value is -2.47. The summed E-state index contributed by atoms with van der Waals surface area (Å²) in [4.78, 5) is 13.0. The van der Waals surface area contributed by atoms with Crippen LogP contribution in [0.2, 0.25) is 0 Å². The van der Waals surface area contributed by atoms with E-state index in [9.17, 15) is 18.4 Å². The van der Waals surface area contributed by atoms with Crippen LogP contribution in [0.3, 0.4) is 0 Å². The Morgan fingerprint density at radius 2 is 1.81 bits per heavy atom. The third-order valence-corrected chi connectivity index (χ3v) is 8.33. The van der Waals surface area contributed by atoms with Gasteiger partial charge < -0.3 is 9.94 Å². The van der Waals surface area contributed by atoms with Crippen LogP contribution in [0.5, 0.6) is 0 Å². The number of fused-ring (bicyclic) bond motifs is 2. The van der Waals surface area contributed by atoms with E-state index in [0.717, 1.165) is 54.0 Å². The molecule has 2 aliphatic carbocycles. The van der Waals surface area contributed by atoms with Crippen molar-refractivity contribution in [2.75, 3.05) is 22.8 Å². The standard InChI is InChI=1S/C21H27N5O5S/c27-21(24-20-18-5-1-3-14(18)11-15-4-2-6-19(15)20)26(28)32(29,30)25(17-12-22-23-13-17)16-7-9-31-10-8-16/h11-13,16,26H,1-10H2,(H,22,23)(H,24,27). The molecule has 0 saturated carbocycles. The van der Waals surface area contributed by atoms with Gasteiger partial charge in [-0.1, -0.05) is 6.07 Å². The highest BCUT2D eigenvalue weighted by atomic mass is 32.2. The maximum absolute atomic E-state index is 13.4. The zero-order valence-corrected chi connectivity index (χ0v) is 18.5. The van der Waals surface area contributed by atoms with Crippen LogP contribution in [0, 0.1) is 5.21 Å². The van der Waals surface area contributed by atoms with Gasteiger partial charge in [-0.25, -0.2) is 9.10 Å². The second-order valence-electron chi connectivity index (χ2n) is 8.58. The van der Waals surface area contributed by atoms with Crippen LogP contribution in [-0.4, -0.2) is 43.9 Å². The predicted octanol–water partition coefficient (Wildman–Crippen LogP) is 1.23. The molecular formula is C21H27N5O5S. The number of rotatable bonds is 5.